The van der Waals surface area contributed by atoms with Crippen molar-refractivity contribution in [2.45, 2.75) is 24.8 Å². The number of carboxylic acid groups (broad SMARTS) is 1. The molecule has 0 radical (unpaired) electrons. The van der Waals surface area contributed by atoms with E-state index in [0.29, 0.717) is 5.75 Å². The maximum absolute atomic E-state index is 12.5. The minimum Gasteiger partial charge on any atom is -0.480 e. The zero-order chi connectivity index (χ0) is 13.1. The summed E-state index contributed by atoms with van der Waals surface area (Å²) in [4.78, 5) is 27.0. The molecule has 0 spiro atoms. The highest BCUT2D eigenvalue weighted by molar-refractivity contribution is 8.00. The predicted octanol–water partition coefficient (Wildman–Crippen LogP) is 1.39. The summed E-state index contributed by atoms with van der Waals surface area (Å²) in [5, 5.41) is 9.22. The minimum absolute atomic E-state index is 0.00757. The Kier molecular flexibility index (Phi) is 4.66. The van der Waals surface area contributed by atoms with Crippen molar-refractivity contribution in [2.75, 3.05) is 30.3 Å². The number of carbonyl (C=O) groups is 2. The van der Waals surface area contributed by atoms with Gasteiger partial charge < -0.3 is 10.0 Å². The first-order chi connectivity index (χ1) is 8.65. The Hall–Kier alpha value is -0.560. The van der Waals surface area contributed by atoms with E-state index in [1.807, 2.05) is 18.7 Å². The van der Waals surface area contributed by atoms with Gasteiger partial charge in [0.2, 0.25) is 0 Å². The van der Waals surface area contributed by atoms with Crippen molar-refractivity contribution in [3.63, 3.8) is 0 Å². The zero-order valence-electron chi connectivity index (χ0n) is 10.4. The molecule has 102 valence electrons. The molecule has 0 aromatic heterocycles. The van der Waals surface area contributed by atoms with Gasteiger partial charge in [0, 0.05) is 30.3 Å². The topological polar surface area (TPSA) is 60.9 Å². The van der Waals surface area contributed by atoms with Crippen LogP contribution in [0.5, 0.6) is 0 Å². The summed E-state index contributed by atoms with van der Waals surface area (Å²) < 4.78 is 0. The molecule has 2 fully saturated rings. The van der Waals surface area contributed by atoms with Crippen molar-refractivity contribution < 1.29 is 14.7 Å². The molecule has 2 unspecified atom stereocenters. The summed E-state index contributed by atoms with van der Waals surface area (Å²) >= 11 is 3.41. The number of rotatable bonds is 2. The molecular weight excluding hydrogens is 272 g/mol. The zero-order valence-corrected chi connectivity index (χ0v) is 12.0. The molecule has 2 aliphatic heterocycles. The highest BCUT2D eigenvalue weighted by atomic mass is 32.2. The maximum atomic E-state index is 12.5. The van der Waals surface area contributed by atoms with Crippen LogP contribution in [0.3, 0.4) is 0 Å². The lowest BCUT2D eigenvalue weighted by atomic mass is 10.2. The lowest BCUT2D eigenvalue weighted by molar-refractivity contribution is -0.141. The summed E-state index contributed by atoms with van der Waals surface area (Å²) in [6.45, 7) is 3.45. The molecule has 2 rings (SSSR count). The van der Waals surface area contributed by atoms with Crippen LogP contribution in [0.25, 0.3) is 0 Å². The van der Waals surface area contributed by atoms with E-state index in [1.54, 1.807) is 21.6 Å². The van der Waals surface area contributed by atoms with Crippen molar-refractivity contribution in [3.05, 3.63) is 0 Å². The number of aliphatic carboxylic acids is 1. The fraction of sp³-hybridized carbons (Fsp3) is 0.818. The van der Waals surface area contributed by atoms with E-state index in [9.17, 15) is 14.7 Å². The highest BCUT2D eigenvalue weighted by Gasteiger charge is 2.42. The van der Waals surface area contributed by atoms with Crippen LogP contribution in [-0.2, 0) is 4.79 Å². The quantitative estimate of drug-likeness (QED) is 0.833. The second-order valence-electron chi connectivity index (χ2n) is 4.34. The van der Waals surface area contributed by atoms with Gasteiger partial charge in [0.1, 0.15) is 6.04 Å². The van der Waals surface area contributed by atoms with Gasteiger partial charge in [-0.3, -0.25) is 4.90 Å². The van der Waals surface area contributed by atoms with Gasteiger partial charge in [0.25, 0.3) is 0 Å². The van der Waals surface area contributed by atoms with Gasteiger partial charge in [0.15, 0.2) is 0 Å². The van der Waals surface area contributed by atoms with Gasteiger partial charge in [-0.1, -0.05) is 6.92 Å². The fourth-order valence-corrected chi connectivity index (χ4v) is 4.49. The van der Waals surface area contributed by atoms with Crippen LogP contribution in [0.15, 0.2) is 0 Å². The van der Waals surface area contributed by atoms with E-state index in [-0.39, 0.29) is 11.4 Å². The third-order valence-electron chi connectivity index (χ3n) is 3.23. The van der Waals surface area contributed by atoms with E-state index in [1.165, 1.54) is 0 Å². The average Bonchev–Trinajstić information content (AvgIpc) is 2.82. The Balaban J connectivity index is 2.10. The van der Waals surface area contributed by atoms with E-state index >= 15 is 0 Å². The van der Waals surface area contributed by atoms with Gasteiger partial charge in [-0.15, -0.1) is 11.8 Å². The first kappa shape index (κ1) is 13.9. The third-order valence-corrected chi connectivity index (χ3v) is 5.63. The van der Waals surface area contributed by atoms with Crippen LogP contribution in [0.2, 0.25) is 0 Å². The van der Waals surface area contributed by atoms with Crippen LogP contribution in [0.1, 0.15) is 13.3 Å². The number of carbonyl (C=O) groups excluding carboxylic acids is 1. The minimum atomic E-state index is -0.891. The Bertz CT molecular complexity index is 334. The number of nitrogens with zero attached hydrogens (tertiary/aromatic N) is 2. The van der Waals surface area contributed by atoms with E-state index in [2.05, 4.69) is 0 Å². The van der Waals surface area contributed by atoms with Gasteiger partial charge >= 0.3 is 12.0 Å². The second-order valence-corrected chi connectivity index (χ2v) is 6.78. The maximum Gasteiger partial charge on any atom is 0.327 e. The summed E-state index contributed by atoms with van der Waals surface area (Å²) in [6.07, 6.45) is 0.794. The highest BCUT2D eigenvalue weighted by Crippen LogP contribution is 2.32. The largest absolute Gasteiger partial charge is 0.480 e. The average molecular weight is 290 g/mol. The molecule has 7 heteroatoms. The van der Waals surface area contributed by atoms with Crippen molar-refractivity contribution >= 4 is 35.5 Å². The standard InChI is InChI=1S/C11H18N2O3S2/c1-2-9-13(8(7-18-9)10(14)15)11(16)12-3-5-17-6-4-12/h8-9H,2-7H2,1H3,(H,14,15). The summed E-state index contributed by atoms with van der Waals surface area (Å²) in [5.74, 6) is 1.50. The summed E-state index contributed by atoms with van der Waals surface area (Å²) in [5.41, 5.74) is 0. The Labute approximate surface area is 115 Å². The van der Waals surface area contributed by atoms with E-state index in [0.717, 1.165) is 31.0 Å². The Morgan fingerprint density at radius 3 is 2.56 bits per heavy atom. The van der Waals surface area contributed by atoms with Crippen molar-refractivity contribution in [1.29, 1.82) is 0 Å². The molecule has 0 aliphatic carbocycles. The molecule has 1 N–H and O–H groups in total. The van der Waals surface area contributed by atoms with Gasteiger partial charge in [-0.2, -0.15) is 11.8 Å². The van der Waals surface area contributed by atoms with Gasteiger partial charge in [-0.05, 0) is 6.42 Å². The number of hydrogen-bond donors (Lipinski definition) is 1. The van der Waals surface area contributed by atoms with Gasteiger partial charge in [-0.25, -0.2) is 9.59 Å². The Morgan fingerprint density at radius 2 is 2.00 bits per heavy atom. The SMILES string of the molecule is CCC1SCC(C(=O)O)N1C(=O)N1CCSCC1. The van der Waals surface area contributed by atoms with Crippen molar-refractivity contribution in [1.82, 2.24) is 9.80 Å². The number of thioether (sulfide) groups is 2. The number of urea groups is 1. The van der Waals surface area contributed by atoms with Crippen LogP contribution >= 0.6 is 23.5 Å². The molecule has 0 aromatic rings. The first-order valence-electron chi connectivity index (χ1n) is 6.14. The molecule has 0 aromatic carbocycles. The van der Waals surface area contributed by atoms with Crippen LogP contribution in [0.4, 0.5) is 4.79 Å². The van der Waals surface area contributed by atoms with Crippen LogP contribution < -0.4 is 0 Å². The first-order valence-corrected chi connectivity index (χ1v) is 8.35. The molecule has 0 bridgehead atoms. The molecule has 2 saturated heterocycles. The lowest BCUT2D eigenvalue weighted by Crippen LogP contribution is -2.53. The normalized spacial score (nSPS) is 28.5. The smallest absolute Gasteiger partial charge is 0.327 e. The molecule has 2 atom stereocenters. The summed E-state index contributed by atoms with van der Waals surface area (Å²) in [6, 6.07) is -0.762. The van der Waals surface area contributed by atoms with Crippen LogP contribution in [0, 0.1) is 0 Å². The Morgan fingerprint density at radius 1 is 1.33 bits per heavy atom. The molecular formula is C11H18N2O3S2. The van der Waals surface area contributed by atoms with Crippen molar-refractivity contribution in [3.8, 4) is 0 Å². The third kappa shape index (κ3) is 2.71. The molecule has 2 aliphatic rings. The van der Waals surface area contributed by atoms with Crippen LogP contribution in [-0.4, -0.2) is 68.7 Å². The fourth-order valence-electron chi connectivity index (χ4n) is 2.24. The lowest BCUT2D eigenvalue weighted by Gasteiger charge is -2.34. The van der Waals surface area contributed by atoms with Crippen molar-refractivity contribution in [2.24, 2.45) is 0 Å². The summed E-state index contributed by atoms with van der Waals surface area (Å²) in [7, 11) is 0. The monoisotopic (exact) mass is 290 g/mol. The number of hydrogen-bond acceptors (Lipinski definition) is 4. The molecule has 0 saturated carbocycles. The molecule has 5 nitrogen and oxygen atoms in total. The molecule has 18 heavy (non-hydrogen) atoms. The molecule has 2 heterocycles. The second kappa shape index (κ2) is 6.06. The predicted molar refractivity (Wildman–Crippen MR) is 74.1 cm³/mol. The number of carboxylic acids is 1. The molecule has 2 amide bonds. The van der Waals surface area contributed by atoms with E-state index < -0.39 is 12.0 Å². The van der Waals surface area contributed by atoms with E-state index in [4.69, 9.17) is 0 Å². The van der Waals surface area contributed by atoms with Gasteiger partial charge in [0.05, 0.1) is 5.37 Å². The number of amides is 2.